The fraction of sp³-hybridized carbons (Fsp3) is 0.318. The standard InChI is InChI=1S/C22H25N3O2/c1-15-9-11-25(12-10-15)18-5-3-17(4-6-18)23-22(26)21-14-16-13-19(27-2)7-8-20(16)24-21/h3-8,13-15,24H,9-12H2,1-2H3,(H,23,26). The zero-order chi connectivity index (χ0) is 18.8. The minimum absolute atomic E-state index is 0.148. The van der Waals surface area contributed by atoms with Crippen LogP contribution in [-0.2, 0) is 0 Å². The molecule has 5 nitrogen and oxygen atoms in total. The Morgan fingerprint density at radius 2 is 1.85 bits per heavy atom. The molecule has 1 aromatic heterocycles. The molecular weight excluding hydrogens is 338 g/mol. The van der Waals surface area contributed by atoms with Crippen molar-refractivity contribution in [2.45, 2.75) is 19.8 Å². The smallest absolute Gasteiger partial charge is 0.272 e. The summed E-state index contributed by atoms with van der Waals surface area (Å²) in [6, 6.07) is 15.7. The van der Waals surface area contributed by atoms with Gasteiger partial charge in [-0.2, -0.15) is 0 Å². The van der Waals surface area contributed by atoms with E-state index in [-0.39, 0.29) is 5.91 Å². The number of rotatable bonds is 4. The molecule has 140 valence electrons. The molecule has 0 spiro atoms. The molecule has 0 aliphatic carbocycles. The fourth-order valence-electron chi connectivity index (χ4n) is 3.58. The highest BCUT2D eigenvalue weighted by atomic mass is 16.5. The Balaban J connectivity index is 1.45. The van der Waals surface area contributed by atoms with Crippen LogP contribution >= 0.6 is 0 Å². The van der Waals surface area contributed by atoms with Crippen LogP contribution in [0.25, 0.3) is 10.9 Å². The Bertz CT molecular complexity index is 938. The van der Waals surface area contributed by atoms with E-state index in [9.17, 15) is 4.79 Å². The Morgan fingerprint density at radius 3 is 2.56 bits per heavy atom. The SMILES string of the molecule is COc1ccc2[nH]c(C(=O)Nc3ccc(N4CCC(C)CC4)cc3)cc2c1. The molecule has 1 aliphatic rings. The second kappa shape index (κ2) is 7.35. The summed E-state index contributed by atoms with van der Waals surface area (Å²) >= 11 is 0. The first kappa shape index (κ1) is 17.5. The van der Waals surface area contributed by atoms with Crippen molar-refractivity contribution in [2.75, 3.05) is 30.4 Å². The van der Waals surface area contributed by atoms with Crippen LogP contribution in [0.4, 0.5) is 11.4 Å². The number of hydrogen-bond acceptors (Lipinski definition) is 3. The van der Waals surface area contributed by atoms with Gasteiger partial charge in [0.1, 0.15) is 11.4 Å². The molecule has 2 heterocycles. The van der Waals surface area contributed by atoms with Crippen LogP contribution in [0.2, 0.25) is 0 Å². The van der Waals surface area contributed by atoms with Crippen LogP contribution in [-0.4, -0.2) is 31.1 Å². The van der Waals surface area contributed by atoms with Crippen molar-refractivity contribution in [3.8, 4) is 5.75 Å². The van der Waals surface area contributed by atoms with E-state index in [1.165, 1.54) is 18.5 Å². The van der Waals surface area contributed by atoms with Crippen molar-refractivity contribution in [2.24, 2.45) is 5.92 Å². The van der Waals surface area contributed by atoms with E-state index in [0.717, 1.165) is 41.3 Å². The van der Waals surface area contributed by atoms with E-state index in [4.69, 9.17) is 4.74 Å². The van der Waals surface area contributed by atoms with Gasteiger partial charge in [0.05, 0.1) is 7.11 Å². The molecule has 0 saturated carbocycles. The lowest BCUT2D eigenvalue weighted by atomic mass is 9.99. The zero-order valence-corrected chi connectivity index (χ0v) is 15.8. The van der Waals surface area contributed by atoms with Crippen LogP contribution in [0.1, 0.15) is 30.3 Å². The molecule has 0 bridgehead atoms. The number of amides is 1. The summed E-state index contributed by atoms with van der Waals surface area (Å²) in [5.41, 5.74) is 3.46. The number of aromatic amines is 1. The highest BCUT2D eigenvalue weighted by Crippen LogP contribution is 2.25. The molecule has 2 N–H and O–H groups in total. The van der Waals surface area contributed by atoms with Crippen LogP contribution in [0, 0.1) is 5.92 Å². The molecule has 0 unspecified atom stereocenters. The van der Waals surface area contributed by atoms with Gasteiger partial charge in [-0.25, -0.2) is 0 Å². The average molecular weight is 363 g/mol. The highest BCUT2D eigenvalue weighted by molar-refractivity contribution is 6.06. The number of nitrogens with one attached hydrogen (secondary N) is 2. The molecule has 2 aromatic carbocycles. The number of hydrogen-bond donors (Lipinski definition) is 2. The van der Waals surface area contributed by atoms with Gasteiger partial charge in [-0.05, 0) is 67.3 Å². The maximum atomic E-state index is 12.6. The lowest BCUT2D eigenvalue weighted by Crippen LogP contribution is -2.32. The number of nitrogens with zero attached hydrogens (tertiary/aromatic N) is 1. The maximum Gasteiger partial charge on any atom is 0.272 e. The molecule has 1 saturated heterocycles. The number of aromatic nitrogens is 1. The summed E-state index contributed by atoms with van der Waals surface area (Å²) in [5.74, 6) is 1.44. The maximum absolute atomic E-state index is 12.6. The van der Waals surface area contributed by atoms with Crippen LogP contribution in [0.15, 0.2) is 48.5 Å². The molecule has 3 aromatic rings. The molecule has 4 rings (SSSR count). The molecule has 5 heteroatoms. The first-order valence-corrected chi connectivity index (χ1v) is 9.45. The minimum Gasteiger partial charge on any atom is -0.497 e. The van der Waals surface area contributed by atoms with Crippen LogP contribution in [0.3, 0.4) is 0 Å². The quantitative estimate of drug-likeness (QED) is 0.708. The van der Waals surface area contributed by atoms with Crippen LogP contribution in [0.5, 0.6) is 5.75 Å². The number of fused-ring (bicyclic) bond motifs is 1. The predicted octanol–water partition coefficient (Wildman–Crippen LogP) is 4.67. The summed E-state index contributed by atoms with van der Waals surface area (Å²) in [7, 11) is 1.63. The van der Waals surface area contributed by atoms with Crippen molar-refractivity contribution in [3.63, 3.8) is 0 Å². The number of piperidine rings is 1. The molecular formula is C22H25N3O2. The average Bonchev–Trinajstić information content (AvgIpc) is 3.12. The molecule has 1 amide bonds. The molecule has 27 heavy (non-hydrogen) atoms. The summed E-state index contributed by atoms with van der Waals surface area (Å²) in [6.45, 7) is 4.52. The summed E-state index contributed by atoms with van der Waals surface area (Å²) in [5, 5.41) is 3.92. The van der Waals surface area contributed by atoms with Gasteiger partial charge in [0.2, 0.25) is 0 Å². The van der Waals surface area contributed by atoms with Gasteiger partial charge >= 0.3 is 0 Å². The van der Waals surface area contributed by atoms with Crippen molar-refractivity contribution < 1.29 is 9.53 Å². The van der Waals surface area contributed by atoms with Crippen molar-refractivity contribution in [1.29, 1.82) is 0 Å². The predicted molar refractivity (Wildman–Crippen MR) is 110 cm³/mol. The van der Waals surface area contributed by atoms with Gasteiger partial charge in [0.15, 0.2) is 0 Å². The molecule has 1 aliphatic heterocycles. The molecule has 0 radical (unpaired) electrons. The number of carbonyl (C=O) groups is 1. The Hall–Kier alpha value is -2.95. The minimum atomic E-state index is -0.148. The lowest BCUT2D eigenvalue weighted by molar-refractivity contribution is 0.102. The van der Waals surface area contributed by atoms with E-state index in [1.807, 2.05) is 36.4 Å². The second-order valence-electron chi connectivity index (χ2n) is 7.31. The number of benzene rings is 2. The van der Waals surface area contributed by atoms with E-state index >= 15 is 0 Å². The monoisotopic (exact) mass is 363 g/mol. The van der Waals surface area contributed by atoms with Gasteiger partial charge in [-0.15, -0.1) is 0 Å². The summed E-state index contributed by atoms with van der Waals surface area (Å²) < 4.78 is 5.24. The number of ether oxygens (including phenoxy) is 1. The van der Waals surface area contributed by atoms with Gasteiger partial charge in [0, 0.05) is 35.4 Å². The first-order chi connectivity index (χ1) is 13.1. The largest absolute Gasteiger partial charge is 0.497 e. The van der Waals surface area contributed by atoms with Crippen molar-refractivity contribution in [3.05, 3.63) is 54.2 Å². The Kier molecular flexibility index (Phi) is 4.75. The van der Waals surface area contributed by atoms with Gasteiger partial charge in [-0.1, -0.05) is 6.92 Å². The fourth-order valence-corrected chi connectivity index (χ4v) is 3.58. The third-order valence-electron chi connectivity index (χ3n) is 5.35. The van der Waals surface area contributed by atoms with Gasteiger partial charge < -0.3 is 19.9 Å². The topological polar surface area (TPSA) is 57.4 Å². The third kappa shape index (κ3) is 3.77. The normalized spacial score (nSPS) is 15.1. The summed E-state index contributed by atoms with van der Waals surface area (Å²) in [6.07, 6.45) is 2.48. The van der Waals surface area contributed by atoms with E-state index in [0.29, 0.717) is 5.69 Å². The Labute approximate surface area is 159 Å². The second-order valence-corrected chi connectivity index (χ2v) is 7.31. The van der Waals surface area contributed by atoms with E-state index in [1.54, 1.807) is 7.11 Å². The third-order valence-corrected chi connectivity index (χ3v) is 5.35. The number of H-pyrrole nitrogens is 1. The van der Waals surface area contributed by atoms with E-state index < -0.39 is 0 Å². The number of carbonyl (C=O) groups excluding carboxylic acids is 1. The van der Waals surface area contributed by atoms with E-state index in [2.05, 4.69) is 34.3 Å². The van der Waals surface area contributed by atoms with Gasteiger partial charge in [-0.3, -0.25) is 4.79 Å². The zero-order valence-electron chi connectivity index (χ0n) is 15.8. The number of anilines is 2. The number of methoxy groups -OCH3 is 1. The van der Waals surface area contributed by atoms with Crippen molar-refractivity contribution in [1.82, 2.24) is 4.98 Å². The highest BCUT2D eigenvalue weighted by Gasteiger charge is 2.16. The molecule has 1 fully saturated rings. The van der Waals surface area contributed by atoms with Gasteiger partial charge in [0.25, 0.3) is 5.91 Å². The lowest BCUT2D eigenvalue weighted by Gasteiger charge is -2.32. The summed E-state index contributed by atoms with van der Waals surface area (Å²) in [4.78, 5) is 18.1. The van der Waals surface area contributed by atoms with Crippen molar-refractivity contribution >= 4 is 28.2 Å². The molecule has 0 atom stereocenters. The Morgan fingerprint density at radius 1 is 1.11 bits per heavy atom. The van der Waals surface area contributed by atoms with Crippen LogP contribution < -0.4 is 15.0 Å². The first-order valence-electron chi connectivity index (χ1n) is 9.45.